The predicted octanol–water partition coefficient (Wildman–Crippen LogP) is 3.09. The number of carbonyl (C=O) groups excluding carboxylic acids is 1. The van der Waals surface area contributed by atoms with Crippen molar-refractivity contribution in [3.05, 3.63) is 33.2 Å². The van der Waals surface area contributed by atoms with Crippen molar-refractivity contribution in [3.63, 3.8) is 0 Å². The Morgan fingerprint density at radius 3 is 2.81 bits per heavy atom. The molecule has 21 heavy (non-hydrogen) atoms. The SMILES string of the molecule is O=C(Cn1cc(Br)ccc1=O)NCCCC1CCCCC1. The van der Waals surface area contributed by atoms with Crippen LogP contribution < -0.4 is 10.9 Å². The Balaban J connectivity index is 1.67. The van der Waals surface area contributed by atoms with Gasteiger partial charge in [-0.1, -0.05) is 32.1 Å². The number of amides is 1. The van der Waals surface area contributed by atoms with Gasteiger partial charge < -0.3 is 9.88 Å². The Morgan fingerprint density at radius 2 is 2.05 bits per heavy atom. The Labute approximate surface area is 134 Å². The molecule has 5 heteroatoms. The first kappa shape index (κ1) is 16.3. The minimum Gasteiger partial charge on any atom is -0.355 e. The summed E-state index contributed by atoms with van der Waals surface area (Å²) in [5.74, 6) is 0.752. The van der Waals surface area contributed by atoms with E-state index in [2.05, 4.69) is 21.2 Å². The molecule has 0 spiro atoms. The van der Waals surface area contributed by atoms with Crippen molar-refractivity contribution in [2.75, 3.05) is 6.54 Å². The molecule has 1 heterocycles. The van der Waals surface area contributed by atoms with Gasteiger partial charge in [0, 0.05) is 23.3 Å². The molecule has 116 valence electrons. The minimum atomic E-state index is -0.157. The van der Waals surface area contributed by atoms with E-state index in [1.165, 1.54) is 49.2 Å². The summed E-state index contributed by atoms with van der Waals surface area (Å²) in [5, 5.41) is 2.90. The van der Waals surface area contributed by atoms with Crippen molar-refractivity contribution < 1.29 is 4.79 Å². The second-order valence-corrected chi connectivity index (χ2v) is 6.73. The Hall–Kier alpha value is -1.10. The molecule has 0 bridgehead atoms. The number of hydrogen-bond acceptors (Lipinski definition) is 2. The van der Waals surface area contributed by atoms with E-state index in [1.807, 2.05) is 0 Å². The van der Waals surface area contributed by atoms with E-state index in [0.29, 0.717) is 6.54 Å². The van der Waals surface area contributed by atoms with Crippen LogP contribution in [-0.2, 0) is 11.3 Å². The first-order valence-electron chi connectivity index (χ1n) is 7.78. The normalized spacial score (nSPS) is 15.9. The van der Waals surface area contributed by atoms with Crippen LogP contribution in [0.25, 0.3) is 0 Å². The highest BCUT2D eigenvalue weighted by molar-refractivity contribution is 9.10. The van der Waals surface area contributed by atoms with Gasteiger partial charge in [-0.25, -0.2) is 0 Å². The van der Waals surface area contributed by atoms with Crippen LogP contribution in [0.1, 0.15) is 44.9 Å². The zero-order valence-corrected chi connectivity index (χ0v) is 13.9. The lowest BCUT2D eigenvalue weighted by Crippen LogP contribution is -2.32. The molecule has 1 aliphatic rings. The lowest BCUT2D eigenvalue weighted by atomic mass is 9.86. The molecule has 0 aliphatic heterocycles. The van der Waals surface area contributed by atoms with Gasteiger partial charge in [-0.2, -0.15) is 0 Å². The van der Waals surface area contributed by atoms with Gasteiger partial charge in [-0.3, -0.25) is 9.59 Å². The molecule has 1 amide bonds. The lowest BCUT2D eigenvalue weighted by molar-refractivity contribution is -0.121. The summed E-state index contributed by atoms with van der Waals surface area (Å²) < 4.78 is 2.22. The second kappa shape index (κ2) is 8.37. The van der Waals surface area contributed by atoms with Crippen LogP contribution in [0.4, 0.5) is 0 Å². The van der Waals surface area contributed by atoms with E-state index in [9.17, 15) is 9.59 Å². The largest absolute Gasteiger partial charge is 0.355 e. The third-order valence-electron chi connectivity index (χ3n) is 4.10. The number of aromatic nitrogens is 1. The van der Waals surface area contributed by atoms with Crippen molar-refractivity contribution in [3.8, 4) is 0 Å². The van der Waals surface area contributed by atoms with Gasteiger partial charge in [0.25, 0.3) is 5.56 Å². The number of carbonyl (C=O) groups is 1. The van der Waals surface area contributed by atoms with Crippen molar-refractivity contribution in [1.29, 1.82) is 0 Å². The summed E-state index contributed by atoms with van der Waals surface area (Å²) in [4.78, 5) is 23.4. The molecular weight excluding hydrogens is 332 g/mol. The maximum atomic E-state index is 11.8. The highest BCUT2D eigenvalue weighted by atomic mass is 79.9. The third-order valence-corrected chi connectivity index (χ3v) is 4.57. The number of hydrogen-bond donors (Lipinski definition) is 1. The van der Waals surface area contributed by atoms with Crippen molar-refractivity contribution >= 4 is 21.8 Å². The van der Waals surface area contributed by atoms with E-state index in [0.717, 1.165) is 16.8 Å². The smallest absolute Gasteiger partial charge is 0.251 e. The molecule has 1 N–H and O–H groups in total. The summed E-state index contributed by atoms with van der Waals surface area (Å²) in [6, 6.07) is 3.14. The van der Waals surface area contributed by atoms with Gasteiger partial charge >= 0.3 is 0 Å². The molecule has 2 rings (SSSR count). The maximum Gasteiger partial charge on any atom is 0.251 e. The number of rotatable bonds is 6. The topological polar surface area (TPSA) is 51.1 Å². The first-order chi connectivity index (χ1) is 10.1. The van der Waals surface area contributed by atoms with E-state index >= 15 is 0 Å². The van der Waals surface area contributed by atoms with Crippen LogP contribution in [0.5, 0.6) is 0 Å². The molecular formula is C16H23BrN2O2. The fraction of sp³-hybridized carbons (Fsp3) is 0.625. The predicted molar refractivity (Wildman–Crippen MR) is 87.2 cm³/mol. The molecule has 0 aromatic carbocycles. The van der Waals surface area contributed by atoms with Crippen LogP contribution in [-0.4, -0.2) is 17.0 Å². The quantitative estimate of drug-likeness (QED) is 0.798. The number of pyridine rings is 1. The molecule has 1 saturated carbocycles. The first-order valence-corrected chi connectivity index (χ1v) is 8.57. The molecule has 0 saturated heterocycles. The van der Waals surface area contributed by atoms with Gasteiger partial charge in [-0.05, 0) is 40.8 Å². The molecule has 1 aromatic rings. The highest BCUT2D eigenvalue weighted by Crippen LogP contribution is 2.26. The van der Waals surface area contributed by atoms with Gasteiger partial charge in [0.05, 0.1) is 0 Å². The minimum absolute atomic E-state index is 0.0850. The van der Waals surface area contributed by atoms with Gasteiger partial charge in [0.2, 0.25) is 5.91 Å². The summed E-state index contributed by atoms with van der Waals surface area (Å²) in [7, 11) is 0. The highest BCUT2D eigenvalue weighted by Gasteiger charge is 2.12. The Morgan fingerprint density at radius 1 is 1.29 bits per heavy atom. The van der Waals surface area contributed by atoms with Crippen molar-refractivity contribution in [1.82, 2.24) is 9.88 Å². The standard InChI is InChI=1S/C16H23BrN2O2/c17-14-8-9-16(21)19(11-14)12-15(20)18-10-4-7-13-5-2-1-3-6-13/h8-9,11,13H,1-7,10,12H2,(H,18,20). The van der Waals surface area contributed by atoms with E-state index in [1.54, 1.807) is 12.3 Å². The summed E-state index contributed by atoms with van der Waals surface area (Å²) >= 11 is 3.30. The zero-order chi connectivity index (χ0) is 15.1. The molecule has 4 nitrogen and oxygen atoms in total. The van der Waals surface area contributed by atoms with Crippen LogP contribution >= 0.6 is 15.9 Å². The summed E-state index contributed by atoms with van der Waals surface area (Å²) in [6.07, 6.45) is 10.7. The third kappa shape index (κ3) is 5.65. The van der Waals surface area contributed by atoms with Gasteiger partial charge in [0.15, 0.2) is 0 Å². The van der Waals surface area contributed by atoms with E-state index < -0.39 is 0 Å². The zero-order valence-electron chi connectivity index (χ0n) is 12.3. The van der Waals surface area contributed by atoms with Crippen molar-refractivity contribution in [2.45, 2.75) is 51.5 Å². The average Bonchev–Trinajstić information content (AvgIpc) is 2.48. The van der Waals surface area contributed by atoms with Gasteiger partial charge in [-0.15, -0.1) is 0 Å². The maximum absolute atomic E-state index is 11.8. The fourth-order valence-electron chi connectivity index (χ4n) is 2.93. The molecule has 1 aromatic heterocycles. The van der Waals surface area contributed by atoms with Crippen LogP contribution in [0.2, 0.25) is 0 Å². The van der Waals surface area contributed by atoms with Crippen molar-refractivity contribution in [2.24, 2.45) is 5.92 Å². The Kier molecular flexibility index (Phi) is 6.49. The molecule has 1 aliphatic carbocycles. The van der Waals surface area contributed by atoms with E-state index in [-0.39, 0.29) is 18.0 Å². The van der Waals surface area contributed by atoms with Gasteiger partial charge in [0.1, 0.15) is 6.54 Å². The lowest BCUT2D eigenvalue weighted by Gasteiger charge is -2.21. The van der Waals surface area contributed by atoms with Crippen LogP contribution in [0, 0.1) is 5.92 Å². The summed E-state index contributed by atoms with van der Waals surface area (Å²) in [5.41, 5.74) is -0.157. The molecule has 0 atom stereocenters. The average molecular weight is 355 g/mol. The number of nitrogens with one attached hydrogen (secondary N) is 1. The monoisotopic (exact) mass is 354 g/mol. The second-order valence-electron chi connectivity index (χ2n) is 5.81. The van der Waals surface area contributed by atoms with E-state index in [4.69, 9.17) is 0 Å². The molecule has 0 unspecified atom stereocenters. The van der Waals surface area contributed by atoms with Crippen LogP contribution in [0.3, 0.4) is 0 Å². The molecule has 0 radical (unpaired) electrons. The summed E-state index contributed by atoms with van der Waals surface area (Å²) in [6.45, 7) is 0.791. The Bertz CT molecular complexity index is 521. The molecule has 1 fully saturated rings. The number of halogens is 1. The number of nitrogens with zero attached hydrogens (tertiary/aromatic N) is 1. The van der Waals surface area contributed by atoms with Crippen LogP contribution in [0.15, 0.2) is 27.6 Å². The fourth-order valence-corrected chi connectivity index (χ4v) is 3.31.